The van der Waals surface area contributed by atoms with Gasteiger partial charge in [0, 0.05) is 10.0 Å². The maximum absolute atomic E-state index is 5.72. The van der Waals surface area contributed by atoms with Gasteiger partial charge in [-0.05, 0) is 24.3 Å². The average molecular weight is 386 g/mol. The third-order valence-electron chi connectivity index (χ3n) is 3.33. The minimum atomic E-state index is 0.450. The summed E-state index contributed by atoms with van der Waals surface area (Å²) in [7, 11) is 0. The molecule has 4 rings (SSSR count). The second-order valence-electron chi connectivity index (χ2n) is 4.96. The lowest BCUT2D eigenvalue weighted by atomic mass is 10.2. The van der Waals surface area contributed by atoms with Gasteiger partial charge in [0.2, 0.25) is 4.96 Å². The number of aromatic nitrogens is 3. The number of hydrogen-bond donors (Lipinski definition) is 0. The summed E-state index contributed by atoms with van der Waals surface area (Å²) in [4.78, 5) is 5.51. The molecule has 0 fully saturated rings. The zero-order valence-corrected chi connectivity index (χ0v) is 14.4. The standard InChI is InChI=1S/C17H12BrN3OS/c18-13-8-6-12(7-9-13)15-10-21-17(19-15)23-16(20-21)11-22-14-4-2-1-3-5-14/h1-10H,11H2. The fourth-order valence-corrected chi connectivity index (χ4v) is 3.27. The molecule has 0 saturated heterocycles. The van der Waals surface area contributed by atoms with Gasteiger partial charge in [0.25, 0.3) is 0 Å². The molecule has 0 saturated carbocycles. The molecule has 0 aliphatic rings. The molecule has 0 aliphatic heterocycles. The highest BCUT2D eigenvalue weighted by atomic mass is 79.9. The first-order chi connectivity index (χ1) is 11.3. The van der Waals surface area contributed by atoms with Crippen LogP contribution < -0.4 is 4.74 Å². The number of ether oxygens (including phenoxy) is 1. The van der Waals surface area contributed by atoms with Crippen LogP contribution in [0.2, 0.25) is 0 Å². The van der Waals surface area contributed by atoms with Gasteiger partial charge >= 0.3 is 0 Å². The van der Waals surface area contributed by atoms with Crippen molar-refractivity contribution in [2.75, 3.05) is 0 Å². The molecule has 4 nitrogen and oxygen atoms in total. The SMILES string of the molecule is Brc1ccc(-c2cn3nc(COc4ccccc4)sc3n2)cc1. The fourth-order valence-electron chi connectivity index (χ4n) is 2.22. The van der Waals surface area contributed by atoms with Gasteiger partial charge < -0.3 is 4.74 Å². The number of nitrogens with zero attached hydrogens (tertiary/aromatic N) is 3. The summed E-state index contributed by atoms with van der Waals surface area (Å²) in [6.45, 7) is 0.450. The van der Waals surface area contributed by atoms with Crippen LogP contribution in [0.5, 0.6) is 5.75 Å². The fraction of sp³-hybridized carbons (Fsp3) is 0.0588. The van der Waals surface area contributed by atoms with Crippen molar-refractivity contribution in [1.29, 1.82) is 0 Å². The van der Waals surface area contributed by atoms with E-state index in [2.05, 4.69) is 26.0 Å². The number of rotatable bonds is 4. The zero-order valence-electron chi connectivity index (χ0n) is 12.0. The van der Waals surface area contributed by atoms with Gasteiger partial charge in [0.05, 0.1) is 11.9 Å². The molecule has 2 heterocycles. The van der Waals surface area contributed by atoms with Crippen LogP contribution >= 0.6 is 27.3 Å². The van der Waals surface area contributed by atoms with Crippen LogP contribution in [0, 0.1) is 0 Å². The largest absolute Gasteiger partial charge is 0.486 e. The van der Waals surface area contributed by atoms with Crippen LogP contribution in [0.4, 0.5) is 0 Å². The molecule has 0 N–H and O–H groups in total. The Kier molecular flexibility index (Phi) is 3.85. The maximum Gasteiger partial charge on any atom is 0.212 e. The lowest BCUT2D eigenvalue weighted by molar-refractivity contribution is 0.304. The zero-order chi connectivity index (χ0) is 15.6. The number of imidazole rings is 1. The topological polar surface area (TPSA) is 39.4 Å². The van der Waals surface area contributed by atoms with Gasteiger partial charge in [-0.1, -0.05) is 57.6 Å². The molecule has 0 radical (unpaired) electrons. The Bertz CT molecular complexity index is 900. The molecule has 2 aromatic heterocycles. The summed E-state index contributed by atoms with van der Waals surface area (Å²) in [5.41, 5.74) is 2.00. The third-order valence-corrected chi connectivity index (χ3v) is 4.76. The summed E-state index contributed by atoms with van der Waals surface area (Å²) in [5, 5.41) is 5.43. The Morgan fingerprint density at radius 2 is 1.83 bits per heavy atom. The highest BCUT2D eigenvalue weighted by Gasteiger charge is 2.10. The molecule has 0 bridgehead atoms. The van der Waals surface area contributed by atoms with Crippen molar-refractivity contribution in [1.82, 2.24) is 14.6 Å². The van der Waals surface area contributed by atoms with Crippen LogP contribution in [0.1, 0.15) is 5.01 Å². The summed E-state index contributed by atoms with van der Waals surface area (Å²) in [5.74, 6) is 0.843. The number of para-hydroxylation sites is 1. The highest BCUT2D eigenvalue weighted by Crippen LogP contribution is 2.24. The molecule has 2 aromatic carbocycles. The van der Waals surface area contributed by atoms with E-state index in [4.69, 9.17) is 4.74 Å². The first kappa shape index (κ1) is 14.4. The number of benzene rings is 2. The molecule has 0 amide bonds. The third kappa shape index (κ3) is 3.13. The van der Waals surface area contributed by atoms with E-state index in [0.29, 0.717) is 6.61 Å². The van der Waals surface area contributed by atoms with E-state index < -0.39 is 0 Å². The minimum Gasteiger partial charge on any atom is -0.486 e. The van der Waals surface area contributed by atoms with Gasteiger partial charge in [0.15, 0.2) is 5.01 Å². The summed E-state index contributed by atoms with van der Waals surface area (Å²) in [6.07, 6.45) is 1.95. The highest BCUT2D eigenvalue weighted by molar-refractivity contribution is 9.10. The van der Waals surface area contributed by atoms with E-state index in [1.807, 2.05) is 65.3 Å². The molecule has 23 heavy (non-hydrogen) atoms. The average Bonchev–Trinajstić information content (AvgIpc) is 3.13. The Balaban J connectivity index is 1.53. The molecule has 0 unspecified atom stereocenters. The van der Waals surface area contributed by atoms with Crippen LogP contribution in [0.25, 0.3) is 16.2 Å². The van der Waals surface area contributed by atoms with Crippen molar-refractivity contribution in [2.45, 2.75) is 6.61 Å². The lowest BCUT2D eigenvalue weighted by Crippen LogP contribution is -1.95. The van der Waals surface area contributed by atoms with Crippen LogP contribution in [0.15, 0.2) is 65.3 Å². The molecule has 0 spiro atoms. The van der Waals surface area contributed by atoms with Crippen LogP contribution in [0.3, 0.4) is 0 Å². The second kappa shape index (κ2) is 6.14. The van der Waals surface area contributed by atoms with Gasteiger partial charge in [0.1, 0.15) is 12.4 Å². The van der Waals surface area contributed by atoms with Crippen molar-refractivity contribution < 1.29 is 4.74 Å². The molecule has 6 heteroatoms. The van der Waals surface area contributed by atoms with Crippen molar-refractivity contribution in [3.63, 3.8) is 0 Å². The van der Waals surface area contributed by atoms with Crippen LogP contribution in [-0.2, 0) is 6.61 Å². The molecular weight excluding hydrogens is 374 g/mol. The normalized spacial score (nSPS) is 11.0. The monoisotopic (exact) mass is 385 g/mol. The second-order valence-corrected chi connectivity index (χ2v) is 6.91. The van der Waals surface area contributed by atoms with Crippen LogP contribution in [-0.4, -0.2) is 14.6 Å². The predicted molar refractivity (Wildman–Crippen MR) is 94.8 cm³/mol. The van der Waals surface area contributed by atoms with E-state index in [-0.39, 0.29) is 0 Å². The Hall–Kier alpha value is -2.18. The van der Waals surface area contributed by atoms with Crippen molar-refractivity contribution in [3.05, 3.63) is 70.3 Å². The van der Waals surface area contributed by atoms with E-state index in [9.17, 15) is 0 Å². The van der Waals surface area contributed by atoms with Crippen molar-refractivity contribution in [2.24, 2.45) is 0 Å². The van der Waals surface area contributed by atoms with E-state index in [1.54, 1.807) is 11.3 Å². The smallest absolute Gasteiger partial charge is 0.212 e. The van der Waals surface area contributed by atoms with Crippen molar-refractivity contribution in [3.8, 4) is 17.0 Å². The first-order valence-electron chi connectivity index (χ1n) is 7.07. The van der Waals surface area contributed by atoms with Gasteiger partial charge in [-0.2, -0.15) is 5.10 Å². The molecule has 4 aromatic rings. The molecular formula is C17H12BrN3OS. The summed E-state index contributed by atoms with van der Waals surface area (Å²) >= 11 is 4.98. The van der Waals surface area contributed by atoms with E-state index in [1.165, 1.54) is 0 Å². The number of hydrogen-bond acceptors (Lipinski definition) is 4. The predicted octanol–water partition coefficient (Wildman–Crippen LogP) is 4.80. The van der Waals surface area contributed by atoms with Gasteiger partial charge in [-0.25, -0.2) is 9.50 Å². The maximum atomic E-state index is 5.72. The van der Waals surface area contributed by atoms with Gasteiger partial charge in [-0.15, -0.1) is 0 Å². The quantitative estimate of drug-likeness (QED) is 0.506. The van der Waals surface area contributed by atoms with Crippen molar-refractivity contribution >= 4 is 32.2 Å². The Morgan fingerprint density at radius 3 is 2.57 bits per heavy atom. The summed E-state index contributed by atoms with van der Waals surface area (Å²) < 4.78 is 8.59. The minimum absolute atomic E-state index is 0.450. The first-order valence-corrected chi connectivity index (χ1v) is 8.68. The number of halogens is 1. The summed E-state index contributed by atoms with van der Waals surface area (Å²) in [6, 6.07) is 17.8. The lowest BCUT2D eigenvalue weighted by Gasteiger charge is -2.02. The number of fused-ring (bicyclic) bond motifs is 1. The molecule has 0 aliphatic carbocycles. The molecule has 0 atom stereocenters. The Labute approximate surface area is 145 Å². The van der Waals surface area contributed by atoms with Gasteiger partial charge in [-0.3, -0.25) is 0 Å². The van der Waals surface area contributed by atoms with E-state index in [0.717, 1.165) is 31.4 Å². The van der Waals surface area contributed by atoms with E-state index >= 15 is 0 Å². The Morgan fingerprint density at radius 1 is 1.04 bits per heavy atom. The molecule has 114 valence electrons.